The molecule has 1 aromatic heterocycles. The van der Waals surface area contributed by atoms with Gasteiger partial charge in [-0.1, -0.05) is 36.4 Å². The molecule has 0 unspecified atom stereocenters. The van der Waals surface area contributed by atoms with Crippen molar-refractivity contribution in [2.24, 2.45) is 0 Å². The van der Waals surface area contributed by atoms with Crippen molar-refractivity contribution in [2.75, 3.05) is 7.11 Å². The summed E-state index contributed by atoms with van der Waals surface area (Å²) in [5.74, 6) is 0.158. The van der Waals surface area contributed by atoms with Crippen molar-refractivity contribution in [2.45, 2.75) is 19.5 Å². The molecule has 1 saturated heterocycles. The second-order valence-electron chi connectivity index (χ2n) is 8.96. The van der Waals surface area contributed by atoms with Gasteiger partial charge in [0.25, 0.3) is 11.7 Å². The number of methoxy groups -OCH3 is 1. The van der Waals surface area contributed by atoms with Crippen LogP contribution in [0.3, 0.4) is 0 Å². The smallest absolute Gasteiger partial charge is 0.295 e. The minimum atomic E-state index is -0.836. The van der Waals surface area contributed by atoms with Crippen LogP contribution in [-0.4, -0.2) is 33.8 Å². The maximum absolute atomic E-state index is 13.4. The number of ketones is 1. The maximum atomic E-state index is 13.4. The fourth-order valence-corrected chi connectivity index (χ4v) is 4.63. The predicted octanol–water partition coefficient (Wildman–Crippen LogP) is 5.81. The van der Waals surface area contributed by atoms with E-state index in [1.54, 1.807) is 62.0 Å². The molecule has 4 aromatic rings. The van der Waals surface area contributed by atoms with Gasteiger partial charge in [-0.15, -0.1) is 0 Å². The Kier molecular flexibility index (Phi) is 6.91. The number of aromatic nitrogens is 1. The third-order valence-electron chi connectivity index (χ3n) is 6.44. The third-order valence-corrected chi connectivity index (χ3v) is 6.44. The van der Waals surface area contributed by atoms with Crippen LogP contribution in [0, 0.1) is 6.92 Å². The molecule has 1 aliphatic heterocycles. The van der Waals surface area contributed by atoms with E-state index < -0.39 is 17.7 Å². The monoisotopic (exact) mass is 506 g/mol. The first-order valence-corrected chi connectivity index (χ1v) is 12.1. The van der Waals surface area contributed by atoms with E-state index in [0.717, 1.165) is 11.1 Å². The molecule has 1 N–H and O–H groups in total. The Morgan fingerprint density at radius 2 is 1.74 bits per heavy atom. The second kappa shape index (κ2) is 10.6. The summed E-state index contributed by atoms with van der Waals surface area (Å²) in [4.78, 5) is 32.4. The van der Waals surface area contributed by atoms with E-state index in [9.17, 15) is 14.7 Å². The van der Waals surface area contributed by atoms with Gasteiger partial charge in [0.05, 0.1) is 18.7 Å². The summed E-state index contributed by atoms with van der Waals surface area (Å²) in [5, 5.41) is 11.4. The van der Waals surface area contributed by atoms with Gasteiger partial charge in [-0.3, -0.25) is 14.6 Å². The molecular weight excluding hydrogens is 480 g/mol. The van der Waals surface area contributed by atoms with Gasteiger partial charge in [-0.05, 0) is 72.1 Å². The van der Waals surface area contributed by atoms with Crippen LogP contribution < -0.4 is 9.47 Å². The van der Waals surface area contributed by atoms with Crippen molar-refractivity contribution in [3.8, 4) is 17.2 Å². The van der Waals surface area contributed by atoms with Crippen molar-refractivity contribution < 1.29 is 24.2 Å². The van der Waals surface area contributed by atoms with Gasteiger partial charge in [-0.2, -0.15) is 0 Å². The second-order valence-corrected chi connectivity index (χ2v) is 8.96. The molecule has 0 bridgehead atoms. The minimum absolute atomic E-state index is 0.0142. The number of benzene rings is 3. The lowest BCUT2D eigenvalue weighted by molar-refractivity contribution is -0.140. The number of amides is 1. The van der Waals surface area contributed by atoms with E-state index in [1.807, 2.05) is 49.4 Å². The molecule has 38 heavy (non-hydrogen) atoms. The number of hydrogen-bond acceptors (Lipinski definition) is 6. The van der Waals surface area contributed by atoms with E-state index in [4.69, 9.17) is 9.47 Å². The number of likely N-dealkylation sites (tertiary alicyclic amines) is 1. The van der Waals surface area contributed by atoms with Crippen LogP contribution in [0.2, 0.25) is 0 Å². The fraction of sp³-hybridized carbons (Fsp3) is 0.129. The Balaban J connectivity index is 1.62. The van der Waals surface area contributed by atoms with Crippen molar-refractivity contribution >= 4 is 17.4 Å². The summed E-state index contributed by atoms with van der Waals surface area (Å²) in [7, 11) is 1.57. The SMILES string of the molecule is COc1ccc(/C(O)=C2\C(=O)C(=O)N(Cc3cccnc3)[C@H]2c2cccc(Oc3ccccc3)c2)cc1C. The first-order valence-electron chi connectivity index (χ1n) is 12.1. The fourth-order valence-electron chi connectivity index (χ4n) is 4.63. The Bertz CT molecular complexity index is 1520. The Hall–Kier alpha value is -4.91. The molecule has 5 rings (SSSR count). The zero-order chi connectivity index (χ0) is 26.6. The molecular formula is C31H26N2O5. The number of pyridine rings is 1. The van der Waals surface area contributed by atoms with Crippen LogP contribution in [0.15, 0.2) is 103 Å². The van der Waals surface area contributed by atoms with Crippen molar-refractivity contribution in [3.05, 3.63) is 125 Å². The number of nitrogens with zero attached hydrogens (tertiary/aromatic N) is 2. The van der Waals surface area contributed by atoms with E-state index in [1.165, 1.54) is 4.90 Å². The van der Waals surface area contributed by atoms with Crippen LogP contribution in [0.1, 0.15) is 28.3 Å². The summed E-state index contributed by atoms with van der Waals surface area (Å²) in [6.45, 7) is 1.99. The number of hydrogen-bond donors (Lipinski definition) is 1. The van der Waals surface area contributed by atoms with Crippen LogP contribution in [0.4, 0.5) is 0 Å². The number of ether oxygens (including phenoxy) is 2. The number of aryl methyl sites for hydroxylation is 1. The molecule has 0 saturated carbocycles. The number of rotatable bonds is 7. The van der Waals surface area contributed by atoms with Gasteiger partial charge < -0.3 is 19.5 Å². The summed E-state index contributed by atoms with van der Waals surface area (Å²) < 4.78 is 11.3. The van der Waals surface area contributed by atoms with Gasteiger partial charge in [0.2, 0.25) is 0 Å². The highest BCUT2D eigenvalue weighted by atomic mass is 16.5. The number of para-hydroxylation sites is 1. The zero-order valence-electron chi connectivity index (χ0n) is 21.0. The maximum Gasteiger partial charge on any atom is 0.295 e. The molecule has 1 amide bonds. The molecule has 190 valence electrons. The molecule has 2 heterocycles. The van der Waals surface area contributed by atoms with E-state index in [0.29, 0.717) is 28.4 Å². The molecule has 1 aliphatic rings. The average Bonchev–Trinajstić information content (AvgIpc) is 3.19. The highest BCUT2D eigenvalue weighted by molar-refractivity contribution is 6.46. The molecule has 7 nitrogen and oxygen atoms in total. The van der Waals surface area contributed by atoms with Gasteiger partial charge in [0.1, 0.15) is 23.0 Å². The Labute approximate surface area is 220 Å². The number of aliphatic hydroxyl groups excluding tert-OH is 1. The predicted molar refractivity (Wildman–Crippen MR) is 143 cm³/mol. The van der Waals surface area contributed by atoms with Crippen molar-refractivity contribution in [3.63, 3.8) is 0 Å². The number of carbonyl (C=O) groups excluding carboxylic acids is 2. The van der Waals surface area contributed by atoms with Crippen molar-refractivity contribution in [1.82, 2.24) is 9.88 Å². The van der Waals surface area contributed by atoms with Crippen LogP contribution in [0.5, 0.6) is 17.2 Å². The van der Waals surface area contributed by atoms with Crippen LogP contribution >= 0.6 is 0 Å². The number of Topliss-reactive ketones (excluding diaryl/α,β-unsaturated/α-hetero) is 1. The summed E-state index contributed by atoms with van der Waals surface area (Å²) in [5.41, 5.74) is 2.62. The minimum Gasteiger partial charge on any atom is -0.507 e. The quantitative estimate of drug-likeness (QED) is 0.193. The molecule has 3 aromatic carbocycles. The first-order chi connectivity index (χ1) is 18.5. The topological polar surface area (TPSA) is 89.0 Å². The lowest BCUT2D eigenvalue weighted by atomic mass is 9.94. The number of carbonyl (C=O) groups is 2. The van der Waals surface area contributed by atoms with Gasteiger partial charge in [-0.25, -0.2) is 0 Å². The Morgan fingerprint density at radius 1 is 0.947 bits per heavy atom. The van der Waals surface area contributed by atoms with Gasteiger partial charge >= 0.3 is 0 Å². The molecule has 0 spiro atoms. The van der Waals surface area contributed by atoms with Gasteiger partial charge in [0, 0.05) is 24.5 Å². The molecule has 1 fully saturated rings. The number of aliphatic hydroxyl groups is 1. The highest BCUT2D eigenvalue weighted by Gasteiger charge is 2.46. The highest BCUT2D eigenvalue weighted by Crippen LogP contribution is 2.41. The van der Waals surface area contributed by atoms with Gasteiger partial charge in [0.15, 0.2) is 0 Å². The van der Waals surface area contributed by atoms with Crippen LogP contribution in [0.25, 0.3) is 5.76 Å². The third kappa shape index (κ3) is 4.86. The molecule has 1 atom stereocenters. The molecule has 7 heteroatoms. The largest absolute Gasteiger partial charge is 0.507 e. The summed E-state index contributed by atoms with van der Waals surface area (Å²) in [6, 6.07) is 24.4. The molecule has 0 aliphatic carbocycles. The lowest BCUT2D eigenvalue weighted by Crippen LogP contribution is -2.29. The van der Waals surface area contributed by atoms with Crippen molar-refractivity contribution in [1.29, 1.82) is 0 Å². The van der Waals surface area contributed by atoms with Crippen LogP contribution in [-0.2, 0) is 16.1 Å². The standard InChI is InChI=1S/C31H26N2O5/c1-20-16-23(13-14-26(20)37-2)29(34)27-28(33(31(36)30(27)35)19-21-8-7-15-32-18-21)22-9-6-12-25(17-22)38-24-10-4-3-5-11-24/h3-18,28,34H,19H2,1-2H3/b29-27+/t28-/m0/s1. The van der Waals surface area contributed by atoms with E-state index in [-0.39, 0.29) is 17.9 Å². The lowest BCUT2D eigenvalue weighted by Gasteiger charge is -2.25. The molecule has 0 radical (unpaired) electrons. The summed E-state index contributed by atoms with van der Waals surface area (Å²) in [6.07, 6.45) is 3.30. The average molecular weight is 507 g/mol. The first kappa shape index (κ1) is 24.8. The van der Waals surface area contributed by atoms with E-state index in [2.05, 4.69) is 4.98 Å². The Morgan fingerprint density at radius 3 is 2.45 bits per heavy atom. The normalized spacial score (nSPS) is 16.5. The summed E-state index contributed by atoms with van der Waals surface area (Å²) >= 11 is 0. The van der Waals surface area contributed by atoms with E-state index >= 15 is 0 Å². The zero-order valence-corrected chi connectivity index (χ0v) is 21.0.